The lowest BCUT2D eigenvalue weighted by molar-refractivity contribution is -0.384. The van der Waals surface area contributed by atoms with E-state index in [4.69, 9.17) is 4.42 Å². The molecule has 0 spiro atoms. The van der Waals surface area contributed by atoms with Gasteiger partial charge in [-0.25, -0.2) is 15.0 Å². The molecule has 3 rings (SSSR count). The zero-order valence-electron chi connectivity index (χ0n) is 13.7. The molecule has 1 N–H and O–H groups in total. The molecule has 0 aliphatic rings. The summed E-state index contributed by atoms with van der Waals surface area (Å²) in [4.78, 5) is 22.8. The third kappa shape index (κ3) is 4.18. The van der Waals surface area contributed by atoms with E-state index in [-0.39, 0.29) is 23.2 Å². The van der Waals surface area contributed by atoms with Gasteiger partial charge < -0.3 is 9.52 Å². The Morgan fingerprint density at radius 2 is 2.00 bits per heavy atom. The Morgan fingerprint density at radius 1 is 1.19 bits per heavy atom. The molecule has 3 aromatic rings. The molecule has 2 aromatic heterocycles. The number of oxazole rings is 1. The van der Waals surface area contributed by atoms with Crippen molar-refractivity contribution < 1.29 is 14.4 Å². The zero-order chi connectivity index (χ0) is 18.5. The second-order valence-corrected chi connectivity index (χ2v) is 5.32. The van der Waals surface area contributed by atoms with Crippen molar-refractivity contribution in [2.75, 3.05) is 0 Å². The van der Waals surface area contributed by atoms with Crippen LogP contribution in [0.25, 0.3) is 12.2 Å². The summed E-state index contributed by atoms with van der Waals surface area (Å²) >= 11 is 0. The first-order chi connectivity index (χ1) is 12.5. The minimum Gasteiger partial charge on any atom is -0.479 e. The van der Waals surface area contributed by atoms with Crippen molar-refractivity contribution in [3.8, 4) is 5.95 Å². The van der Waals surface area contributed by atoms with Crippen LogP contribution in [0.15, 0.2) is 51.9 Å². The zero-order valence-corrected chi connectivity index (χ0v) is 13.7. The fraction of sp³-hybridized carbons (Fsp3) is 0.0556. The van der Waals surface area contributed by atoms with E-state index in [0.29, 0.717) is 11.4 Å². The van der Waals surface area contributed by atoms with Gasteiger partial charge in [-0.05, 0) is 30.7 Å². The van der Waals surface area contributed by atoms with E-state index in [0.717, 1.165) is 5.69 Å². The number of aromatic hydroxyl groups is 1. The number of benzene rings is 1. The Bertz CT molecular complexity index is 1010. The van der Waals surface area contributed by atoms with Crippen LogP contribution in [0.4, 0.5) is 11.5 Å². The highest BCUT2D eigenvalue weighted by molar-refractivity contribution is 5.82. The lowest BCUT2D eigenvalue weighted by atomic mass is 10.2. The predicted octanol–water partition coefficient (Wildman–Crippen LogP) is 3.91. The van der Waals surface area contributed by atoms with Crippen LogP contribution in [-0.2, 0) is 0 Å². The molecular formula is C18H14N4O4. The summed E-state index contributed by atoms with van der Waals surface area (Å²) in [5.41, 5.74) is 1.58. The molecule has 2 heterocycles. The normalized spacial score (nSPS) is 11.4. The van der Waals surface area contributed by atoms with Gasteiger partial charge in [0.1, 0.15) is 0 Å². The molecule has 1 aromatic carbocycles. The van der Waals surface area contributed by atoms with Crippen molar-refractivity contribution in [1.29, 1.82) is 0 Å². The molecule has 0 aliphatic heterocycles. The molecule has 0 bridgehead atoms. The smallest absolute Gasteiger partial charge is 0.312 e. The van der Waals surface area contributed by atoms with Gasteiger partial charge in [-0.15, -0.1) is 0 Å². The third-order valence-corrected chi connectivity index (χ3v) is 3.34. The maximum absolute atomic E-state index is 10.8. The van der Waals surface area contributed by atoms with Crippen molar-refractivity contribution in [2.45, 2.75) is 6.92 Å². The van der Waals surface area contributed by atoms with Gasteiger partial charge in [0.05, 0.1) is 11.1 Å². The Morgan fingerprint density at radius 3 is 2.77 bits per heavy atom. The van der Waals surface area contributed by atoms with E-state index in [1.807, 2.05) is 19.1 Å². The largest absolute Gasteiger partial charge is 0.479 e. The Kier molecular flexibility index (Phi) is 4.84. The van der Waals surface area contributed by atoms with Gasteiger partial charge in [-0.3, -0.25) is 10.1 Å². The quantitative estimate of drug-likeness (QED) is 0.424. The maximum atomic E-state index is 10.8. The summed E-state index contributed by atoms with van der Waals surface area (Å²) in [6, 6.07) is 11.5. The van der Waals surface area contributed by atoms with E-state index >= 15 is 0 Å². The van der Waals surface area contributed by atoms with Crippen LogP contribution in [-0.4, -0.2) is 26.2 Å². The van der Waals surface area contributed by atoms with Crippen LogP contribution in [0.3, 0.4) is 0 Å². The first-order valence-electron chi connectivity index (χ1n) is 7.61. The van der Waals surface area contributed by atoms with E-state index in [1.165, 1.54) is 24.4 Å². The van der Waals surface area contributed by atoms with Crippen LogP contribution in [0.5, 0.6) is 5.95 Å². The number of pyridine rings is 1. The number of aliphatic imine (C=N–C) groups is 1. The van der Waals surface area contributed by atoms with Gasteiger partial charge in [0.2, 0.25) is 5.89 Å². The summed E-state index contributed by atoms with van der Waals surface area (Å²) in [6.07, 6.45) is 4.45. The molecule has 0 amide bonds. The maximum Gasteiger partial charge on any atom is 0.312 e. The number of hydrogen-bond donors (Lipinski definition) is 1. The molecular weight excluding hydrogens is 336 g/mol. The summed E-state index contributed by atoms with van der Waals surface area (Å²) < 4.78 is 5.14. The van der Waals surface area contributed by atoms with E-state index in [1.54, 1.807) is 24.3 Å². The van der Waals surface area contributed by atoms with Gasteiger partial charge in [0, 0.05) is 23.9 Å². The standard InChI is InChI=1S/C18H14N4O4/c1-12-4-2-7-16(20-12)19-11-15-18(23)26-17(21-15)9-8-13-5-3-6-14(10-13)22(24)25/h2-11,23H,1H3/b9-8+,19-11+. The van der Waals surface area contributed by atoms with Crippen LogP contribution in [0.1, 0.15) is 22.8 Å². The fourth-order valence-electron chi connectivity index (χ4n) is 2.13. The van der Waals surface area contributed by atoms with Gasteiger partial charge >= 0.3 is 5.95 Å². The van der Waals surface area contributed by atoms with Crippen molar-refractivity contribution in [3.63, 3.8) is 0 Å². The highest BCUT2D eigenvalue weighted by Gasteiger charge is 2.09. The minimum atomic E-state index is -0.470. The average Bonchev–Trinajstić information content (AvgIpc) is 2.98. The molecule has 0 aliphatic carbocycles. The van der Waals surface area contributed by atoms with E-state index < -0.39 is 4.92 Å². The molecule has 8 heteroatoms. The Hall–Kier alpha value is -3.81. The molecule has 0 unspecified atom stereocenters. The third-order valence-electron chi connectivity index (χ3n) is 3.34. The van der Waals surface area contributed by atoms with Crippen LogP contribution in [0, 0.1) is 17.0 Å². The van der Waals surface area contributed by atoms with Gasteiger partial charge in [-0.1, -0.05) is 18.2 Å². The van der Waals surface area contributed by atoms with Crippen LogP contribution >= 0.6 is 0 Å². The minimum absolute atomic E-state index is 0.0131. The predicted molar refractivity (Wildman–Crippen MR) is 96.4 cm³/mol. The summed E-state index contributed by atoms with van der Waals surface area (Å²) in [5, 5.41) is 20.6. The van der Waals surface area contributed by atoms with E-state index in [9.17, 15) is 15.2 Å². The molecule has 0 fully saturated rings. The van der Waals surface area contributed by atoms with Gasteiger partial charge in [0.15, 0.2) is 11.5 Å². The SMILES string of the molecule is Cc1cccc(/N=C/c2nc(/C=C/c3cccc([N+](=O)[O-])c3)oc2O)n1. The first-order valence-corrected chi connectivity index (χ1v) is 7.61. The second kappa shape index (κ2) is 7.39. The number of nitrogens with zero attached hydrogens (tertiary/aromatic N) is 4. The lowest BCUT2D eigenvalue weighted by Crippen LogP contribution is -1.87. The summed E-state index contributed by atoms with van der Waals surface area (Å²) in [7, 11) is 0. The molecule has 26 heavy (non-hydrogen) atoms. The first kappa shape index (κ1) is 17.0. The van der Waals surface area contributed by atoms with Crippen LogP contribution in [0.2, 0.25) is 0 Å². The molecule has 130 valence electrons. The number of hydrogen-bond acceptors (Lipinski definition) is 7. The van der Waals surface area contributed by atoms with Gasteiger partial charge in [0.25, 0.3) is 5.69 Å². The molecule has 0 saturated carbocycles. The number of nitro benzene ring substituents is 1. The Labute approximate surface area is 148 Å². The number of aromatic nitrogens is 2. The number of aryl methyl sites for hydroxylation is 1. The molecule has 8 nitrogen and oxygen atoms in total. The van der Waals surface area contributed by atoms with Crippen molar-refractivity contribution in [3.05, 3.63) is 75.4 Å². The van der Waals surface area contributed by atoms with E-state index in [2.05, 4.69) is 15.0 Å². The van der Waals surface area contributed by atoms with Crippen LogP contribution < -0.4 is 0 Å². The van der Waals surface area contributed by atoms with Gasteiger partial charge in [-0.2, -0.15) is 0 Å². The second-order valence-electron chi connectivity index (χ2n) is 5.32. The van der Waals surface area contributed by atoms with Crippen molar-refractivity contribution >= 4 is 29.9 Å². The monoisotopic (exact) mass is 350 g/mol. The highest BCUT2D eigenvalue weighted by Crippen LogP contribution is 2.20. The highest BCUT2D eigenvalue weighted by atomic mass is 16.6. The summed E-state index contributed by atoms with van der Waals surface area (Å²) in [5.74, 6) is 0.258. The number of non-ortho nitro benzene ring substituents is 1. The number of rotatable bonds is 5. The molecule has 0 saturated heterocycles. The fourth-order valence-corrected chi connectivity index (χ4v) is 2.13. The number of nitro groups is 1. The van der Waals surface area contributed by atoms with Crippen molar-refractivity contribution in [2.24, 2.45) is 4.99 Å². The molecule has 0 radical (unpaired) electrons. The topological polar surface area (TPSA) is 115 Å². The lowest BCUT2D eigenvalue weighted by Gasteiger charge is -1.93. The van der Waals surface area contributed by atoms with Crippen molar-refractivity contribution in [1.82, 2.24) is 9.97 Å². The molecule has 0 atom stereocenters. The summed E-state index contributed by atoms with van der Waals surface area (Å²) in [6.45, 7) is 1.85. The Balaban J connectivity index is 1.77. The average molecular weight is 350 g/mol.